The second-order valence-corrected chi connectivity index (χ2v) is 8.22. The number of fused-ring (bicyclic) bond motifs is 1. The van der Waals surface area contributed by atoms with Gasteiger partial charge in [-0.3, -0.25) is 9.59 Å². The van der Waals surface area contributed by atoms with Gasteiger partial charge in [0.1, 0.15) is 13.2 Å². The van der Waals surface area contributed by atoms with Gasteiger partial charge in [-0.25, -0.2) is 0 Å². The van der Waals surface area contributed by atoms with Gasteiger partial charge in [0.05, 0.1) is 6.54 Å². The number of hydrogen-bond donors (Lipinski definition) is 1. The smallest absolute Gasteiger partial charge is 0.252 e. The van der Waals surface area contributed by atoms with Crippen LogP contribution < -0.4 is 19.7 Å². The molecular weight excluding hydrogens is 408 g/mol. The summed E-state index contributed by atoms with van der Waals surface area (Å²) in [5.74, 6) is 1.10. The normalized spacial score (nSPS) is 12.4. The van der Waals surface area contributed by atoms with Gasteiger partial charge in [0.25, 0.3) is 5.91 Å². The number of carbonyl (C=O) groups is 2. The van der Waals surface area contributed by atoms with Crippen molar-refractivity contribution in [3.8, 4) is 11.5 Å². The van der Waals surface area contributed by atoms with Crippen LogP contribution in [0.25, 0.3) is 0 Å². The maximum Gasteiger partial charge on any atom is 0.252 e. The minimum Gasteiger partial charge on any atom is -0.486 e. The number of thiophene rings is 2. The summed E-state index contributed by atoms with van der Waals surface area (Å²) in [6, 6.07) is 11.3. The molecule has 0 fully saturated rings. The maximum atomic E-state index is 13.0. The summed E-state index contributed by atoms with van der Waals surface area (Å²) >= 11 is 3.07. The van der Waals surface area contributed by atoms with Gasteiger partial charge < -0.3 is 19.7 Å². The fourth-order valence-electron chi connectivity index (χ4n) is 3.00. The Hall–Kier alpha value is -2.84. The first kappa shape index (κ1) is 19.5. The monoisotopic (exact) mass is 428 g/mol. The second-order valence-electron chi connectivity index (χ2n) is 6.41. The fourth-order valence-corrected chi connectivity index (χ4v) is 4.32. The third-order valence-corrected chi connectivity index (χ3v) is 5.98. The predicted octanol–water partition coefficient (Wildman–Crippen LogP) is 3.93. The van der Waals surface area contributed by atoms with Gasteiger partial charge in [-0.1, -0.05) is 6.07 Å². The average Bonchev–Trinajstić information content (AvgIpc) is 3.45. The molecule has 0 atom stereocenters. The van der Waals surface area contributed by atoms with E-state index in [0.717, 1.165) is 10.6 Å². The summed E-state index contributed by atoms with van der Waals surface area (Å²) in [6.45, 7) is 1.76. The highest BCUT2D eigenvalue weighted by molar-refractivity contribution is 7.10. The Balaban J connectivity index is 1.46. The van der Waals surface area contributed by atoms with Crippen LogP contribution in [0.2, 0.25) is 0 Å². The first-order chi connectivity index (χ1) is 14.2. The minimum atomic E-state index is -0.164. The van der Waals surface area contributed by atoms with Gasteiger partial charge in [-0.05, 0) is 35.0 Å². The number of benzene rings is 1. The first-order valence-electron chi connectivity index (χ1n) is 9.23. The number of hydrogen-bond acceptors (Lipinski definition) is 6. The third-order valence-electron chi connectivity index (χ3n) is 4.44. The Morgan fingerprint density at radius 2 is 1.93 bits per heavy atom. The summed E-state index contributed by atoms with van der Waals surface area (Å²) < 4.78 is 11.2. The molecule has 0 saturated carbocycles. The molecule has 150 valence electrons. The van der Waals surface area contributed by atoms with Gasteiger partial charge in [0, 0.05) is 40.5 Å². The van der Waals surface area contributed by atoms with Gasteiger partial charge >= 0.3 is 0 Å². The molecule has 29 heavy (non-hydrogen) atoms. The molecule has 0 aliphatic carbocycles. The van der Waals surface area contributed by atoms with E-state index in [2.05, 4.69) is 5.32 Å². The molecule has 2 aromatic heterocycles. The van der Waals surface area contributed by atoms with Gasteiger partial charge in [-0.2, -0.15) is 11.3 Å². The SMILES string of the molecule is O=C(NCCC(=O)N(Cc1cccs1)c1ccc2c(c1)OCCO2)c1ccsc1. The van der Waals surface area contributed by atoms with Crippen LogP contribution in [0.4, 0.5) is 5.69 Å². The van der Waals surface area contributed by atoms with Crippen molar-refractivity contribution in [2.45, 2.75) is 13.0 Å². The summed E-state index contributed by atoms with van der Waals surface area (Å²) in [6.07, 6.45) is 0.204. The largest absolute Gasteiger partial charge is 0.486 e. The lowest BCUT2D eigenvalue weighted by molar-refractivity contribution is -0.118. The van der Waals surface area contributed by atoms with Crippen LogP contribution in [-0.2, 0) is 11.3 Å². The highest BCUT2D eigenvalue weighted by atomic mass is 32.1. The lowest BCUT2D eigenvalue weighted by Crippen LogP contribution is -2.34. The zero-order valence-corrected chi connectivity index (χ0v) is 17.3. The molecular formula is C21H20N2O4S2. The highest BCUT2D eigenvalue weighted by Crippen LogP contribution is 2.34. The summed E-state index contributed by atoms with van der Waals surface area (Å²) in [5.41, 5.74) is 1.36. The van der Waals surface area contributed by atoms with Crippen LogP contribution in [0.1, 0.15) is 21.7 Å². The van der Waals surface area contributed by atoms with Crippen molar-refractivity contribution in [3.63, 3.8) is 0 Å². The number of nitrogens with zero attached hydrogens (tertiary/aromatic N) is 1. The highest BCUT2D eigenvalue weighted by Gasteiger charge is 2.20. The lowest BCUT2D eigenvalue weighted by atomic mass is 10.2. The van der Waals surface area contributed by atoms with Crippen molar-refractivity contribution in [3.05, 3.63) is 63.0 Å². The molecule has 1 aliphatic heterocycles. The molecule has 3 heterocycles. The van der Waals surface area contributed by atoms with Crippen molar-refractivity contribution in [2.24, 2.45) is 0 Å². The minimum absolute atomic E-state index is 0.0688. The van der Waals surface area contributed by atoms with Crippen molar-refractivity contribution in [2.75, 3.05) is 24.7 Å². The van der Waals surface area contributed by atoms with Crippen LogP contribution in [0.15, 0.2) is 52.5 Å². The van der Waals surface area contributed by atoms with Crippen molar-refractivity contribution in [1.29, 1.82) is 0 Å². The van der Waals surface area contributed by atoms with Crippen LogP contribution in [0.5, 0.6) is 11.5 Å². The fraction of sp³-hybridized carbons (Fsp3) is 0.238. The standard InChI is InChI=1S/C21H20N2O4S2/c24-20(5-7-22-21(25)15-6-11-28-14-15)23(13-17-2-1-10-29-17)16-3-4-18-19(12-16)27-9-8-26-18/h1-4,6,10-12,14H,5,7-9,13H2,(H,22,25). The molecule has 3 aromatic rings. The zero-order chi connectivity index (χ0) is 20.1. The average molecular weight is 429 g/mol. The molecule has 0 spiro atoms. The Labute approximate surface area is 176 Å². The summed E-state index contributed by atoms with van der Waals surface area (Å²) in [4.78, 5) is 27.9. The van der Waals surface area contributed by atoms with Crippen LogP contribution in [0, 0.1) is 0 Å². The van der Waals surface area contributed by atoms with Crippen LogP contribution in [0.3, 0.4) is 0 Å². The number of carbonyl (C=O) groups excluding carboxylic acids is 2. The molecule has 1 N–H and O–H groups in total. The van der Waals surface area contributed by atoms with E-state index in [0.29, 0.717) is 36.8 Å². The molecule has 2 amide bonds. The molecule has 8 heteroatoms. The third kappa shape index (κ3) is 4.78. The van der Waals surface area contributed by atoms with Gasteiger partial charge in [-0.15, -0.1) is 11.3 Å². The van der Waals surface area contributed by atoms with E-state index in [1.165, 1.54) is 11.3 Å². The molecule has 6 nitrogen and oxygen atoms in total. The van der Waals surface area contributed by atoms with E-state index in [1.807, 2.05) is 41.1 Å². The van der Waals surface area contributed by atoms with E-state index in [1.54, 1.807) is 27.7 Å². The Morgan fingerprint density at radius 1 is 1.07 bits per heavy atom. The van der Waals surface area contributed by atoms with Crippen molar-refractivity contribution >= 4 is 40.2 Å². The number of amides is 2. The Morgan fingerprint density at radius 3 is 2.69 bits per heavy atom. The van der Waals surface area contributed by atoms with Gasteiger partial charge in [0.2, 0.25) is 5.91 Å². The maximum absolute atomic E-state index is 13.0. The first-order valence-corrected chi connectivity index (χ1v) is 11.1. The Bertz CT molecular complexity index is 971. The molecule has 4 rings (SSSR count). The van der Waals surface area contributed by atoms with E-state index in [4.69, 9.17) is 9.47 Å². The van der Waals surface area contributed by atoms with Crippen molar-refractivity contribution < 1.29 is 19.1 Å². The molecule has 1 aromatic carbocycles. The summed E-state index contributed by atoms with van der Waals surface area (Å²) in [5, 5.41) is 8.44. The van der Waals surface area contributed by atoms with Crippen LogP contribution in [-0.4, -0.2) is 31.6 Å². The van der Waals surface area contributed by atoms with Crippen molar-refractivity contribution in [1.82, 2.24) is 5.32 Å². The topological polar surface area (TPSA) is 67.9 Å². The van der Waals surface area contributed by atoms with E-state index >= 15 is 0 Å². The molecule has 0 unspecified atom stereocenters. The van der Waals surface area contributed by atoms with E-state index in [-0.39, 0.29) is 24.8 Å². The van der Waals surface area contributed by atoms with Crippen LogP contribution >= 0.6 is 22.7 Å². The second kappa shape index (κ2) is 9.11. The molecule has 1 aliphatic rings. The molecule has 0 saturated heterocycles. The lowest BCUT2D eigenvalue weighted by Gasteiger charge is -2.25. The number of anilines is 1. The number of rotatable bonds is 7. The number of ether oxygens (including phenoxy) is 2. The quantitative estimate of drug-likeness (QED) is 0.619. The summed E-state index contributed by atoms with van der Waals surface area (Å²) in [7, 11) is 0. The zero-order valence-electron chi connectivity index (χ0n) is 15.6. The Kier molecular flexibility index (Phi) is 6.12. The van der Waals surface area contributed by atoms with Gasteiger partial charge in [0.15, 0.2) is 11.5 Å². The van der Waals surface area contributed by atoms with E-state index < -0.39 is 0 Å². The molecule has 0 radical (unpaired) electrons. The predicted molar refractivity (Wildman–Crippen MR) is 114 cm³/mol. The number of nitrogens with one attached hydrogen (secondary N) is 1. The molecule has 0 bridgehead atoms. The van der Waals surface area contributed by atoms with E-state index in [9.17, 15) is 9.59 Å².